The van der Waals surface area contributed by atoms with Gasteiger partial charge in [0.05, 0.1) is 6.54 Å². The summed E-state index contributed by atoms with van der Waals surface area (Å²) in [6.45, 7) is 6.67. The summed E-state index contributed by atoms with van der Waals surface area (Å²) in [5, 5.41) is 11.9. The Bertz CT molecular complexity index is 645. The molecule has 118 valence electrons. The number of rotatable bonds is 4. The molecule has 0 saturated heterocycles. The van der Waals surface area contributed by atoms with Crippen LogP contribution in [0.2, 0.25) is 0 Å². The molecule has 0 aliphatic rings. The predicted molar refractivity (Wildman–Crippen MR) is 90.5 cm³/mol. The van der Waals surface area contributed by atoms with Crippen LogP contribution in [-0.2, 0) is 12.0 Å². The quantitative estimate of drug-likeness (QED) is 0.639. The standard InChI is InChI=1S/C16H20N2O2S2/c1-16(2,3)11-4-6-12(7-5-11)22-13-8-9-21-14(13)10-18(20)15(17)19/h4-9,20H,10H2,1-3H3,(H2,17,19). The van der Waals surface area contributed by atoms with Gasteiger partial charge in [0.15, 0.2) is 0 Å². The van der Waals surface area contributed by atoms with Crippen molar-refractivity contribution >= 4 is 29.1 Å². The molecule has 0 unspecified atom stereocenters. The molecule has 1 heterocycles. The van der Waals surface area contributed by atoms with Crippen molar-refractivity contribution in [2.45, 2.75) is 42.5 Å². The van der Waals surface area contributed by atoms with Crippen molar-refractivity contribution in [3.63, 3.8) is 0 Å². The molecule has 3 N–H and O–H groups in total. The third-order valence-corrected chi connectivity index (χ3v) is 5.35. The number of hydrogen-bond acceptors (Lipinski definition) is 4. The van der Waals surface area contributed by atoms with Crippen molar-refractivity contribution in [3.05, 3.63) is 46.2 Å². The Morgan fingerprint density at radius 3 is 2.45 bits per heavy atom. The lowest BCUT2D eigenvalue weighted by atomic mass is 9.87. The number of nitrogens with two attached hydrogens (primary N) is 1. The summed E-state index contributed by atoms with van der Waals surface area (Å²) in [5.74, 6) is 0. The molecule has 2 amide bonds. The van der Waals surface area contributed by atoms with Crippen LogP contribution in [0.4, 0.5) is 4.79 Å². The topological polar surface area (TPSA) is 66.6 Å². The molecule has 1 aromatic carbocycles. The van der Waals surface area contributed by atoms with Crippen molar-refractivity contribution in [2.24, 2.45) is 5.73 Å². The summed E-state index contributed by atoms with van der Waals surface area (Å²) >= 11 is 3.11. The third kappa shape index (κ3) is 4.25. The molecular formula is C16H20N2O2S2. The number of primary amides is 1. The van der Waals surface area contributed by atoms with Gasteiger partial charge in [-0.1, -0.05) is 44.7 Å². The Balaban J connectivity index is 2.11. The van der Waals surface area contributed by atoms with Crippen LogP contribution in [0.25, 0.3) is 0 Å². The van der Waals surface area contributed by atoms with Crippen LogP contribution in [0.15, 0.2) is 45.5 Å². The summed E-state index contributed by atoms with van der Waals surface area (Å²) < 4.78 is 0. The largest absolute Gasteiger partial charge is 0.350 e. The number of benzene rings is 1. The first-order chi connectivity index (χ1) is 10.3. The second kappa shape index (κ2) is 6.73. The van der Waals surface area contributed by atoms with E-state index in [0.717, 1.165) is 14.7 Å². The van der Waals surface area contributed by atoms with E-state index in [0.29, 0.717) is 5.06 Å². The van der Waals surface area contributed by atoms with Gasteiger partial charge in [0.2, 0.25) is 0 Å². The summed E-state index contributed by atoms with van der Waals surface area (Å²) in [6.07, 6.45) is 0. The number of thiophene rings is 1. The highest BCUT2D eigenvalue weighted by molar-refractivity contribution is 7.99. The molecular weight excluding hydrogens is 316 g/mol. The van der Waals surface area contributed by atoms with Crippen molar-refractivity contribution in [3.8, 4) is 0 Å². The molecule has 6 heteroatoms. The minimum absolute atomic E-state index is 0.107. The smallest absolute Gasteiger partial charge is 0.338 e. The minimum atomic E-state index is -0.848. The van der Waals surface area contributed by atoms with Crippen molar-refractivity contribution in [2.75, 3.05) is 0 Å². The van der Waals surface area contributed by atoms with Crippen LogP contribution in [0.5, 0.6) is 0 Å². The van der Waals surface area contributed by atoms with E-state index in [4.69, 9.17) is 5.73 Å². The maximum Gasteiger partial charge on any atom is 0.338 e. The fraction of sp³-hybridized carbons (Fsp3) is 0.312. The molecule has 0 spiro atoms. The van der Waals surface area contributed by atoms with E-state index >= 15 is 0 Å². The van der Waals surface area contributed by atoms with Crippen molar-refractivity contribution in [1.82, 2.24) is 5.06 Å². The van der Waals surface area contributed by atoms with Gasteiger partial charge in [-0.05, 0) is 34.6 Å². The molecule has 0 aliphatic heterocycles. The van der Waals surface area contributed by atoms with Crippen molar-refractivity contribution in [1.29, 1.82) is 0 Å². The Hall–Kier alpha value is -1.50. The van der Waals surface area contributed by atoms with Gasteiger partial charge in [-0.3, -0.25) is 5.21 Å². The molecule has 0 radical (unpaired) electrons. The van der Waals surface area contributed by atoms with Crippen LogP contribution >= 0.6 is 23.1 Å². The molecule has 2 aromatic rings. The summed E-state index contributed by atoms with van der Waals surface area (Å²) in [7, 11) is 0. The molecule has 0 saturated carbocycles. The first-order valence-electron chi connectivity index (χ1n) is 6.88. The Kier molecular flexibility index (Phi) is 5.16. The Morgan fingerprint density at radius 2 is 1.91 bits per heavy atom. The number of carbonyl (C=O) groups is 1. The van der Waals surface area contributed by atoms with Crippen LogP contribution in [0.3, 0.4) is 0 Å². The van der Waals surface area contributed by atoms with E-state index in [1.165, 1.54) is 16.9 Å². The highest BCUT2D eigenvalue weighted by Crippen LogP contribution is 2.35. The second-order valence-corrected chi connectivity index (χ2v) is 8.10. The Labute approximate surface area is 138 Å². The number of hydrogen-bond donors (Lipinski definition) is 2. The minimum Gasteiger partial charge on any atom is -0.350 e. The van der Waals surface area contributed by atoms with E-state index in [2.05, 4.69) is 45.0 Å². The zero-order valence-electron chi connectivity index (χ0n) is 12.9. The lowest BCUT2D eigenvalue weighted by Gasteiger charge is -2.19. The molecule has 22 heavy (non-hydrogen) atoms. The molecule has 0 atom stereocenters. The molecule has 4 nitrogen and oxygen atoms in total. The highest BCUT2D eigenvalue weighted by atomic mass is 32.2. The maximum absolute atomic E-state index is 10.9. The highest BCUT2D eigenvalue weighted by Gasteiger charge is 2.15. The van der Waals surface area contributed by atoms with Gasteiger partial charge < -0.3 is 5.73 Å². The number of carbonyl (C=O) groups excluding carboxylic acids is 1. The van der Waals surface area contributed by atoms with Crippen LogP contribution in [0.1, 0.15) is 31.2 Å². The summed E-state index contributed by atoms with van der Waals surface area (Å²) in [5.41, 5.74) is 6.47. The fourth-order valence-electron chi connectivity index (χ4n) is 1.90. The number of amides is 2. The number of nitrogens with zero attached hydrogens (tertiary/aromatic N) is 1. The van der Waals surface area contributed by atoms with E-state index < -0.39 is 6.03 Å². The van der Waals surface area contributed by atoms with Crippen LogP contribution in [0, 0.1) is 0 Å². The maximum atomic E-state index is 10.9. The first kappa shape index (κ1) is 16.9. The Morgan fingerprint density at radius 1 is 1.27 bits per heavy atom. The van der Waals surface area contributed by atoms with Gasteiger partial charge in [0.25, 0.3) is 0 Å². The van der Waals surface area contributed by atoms with Gasteiger partial charge in [0.1, 0.15) is 0 Å². The average Bonchev–Trinajstić information content (AvgIpc) is 2.85. The molecule has 0 fully saturated rings. The molecule has 0 aliphatic carbocycles. The number of hydroxylamine groups is 2. The van der Waals surface area contributed by atoms with Crippen molar-refractivity contribution < 1.29 is 10.0 Å². The zero-order valence-corrected chi connectivity index (χ0v) is 14.5. The van der Waals surface area contributed by atoms with Gasteiger partial charge in [-0.25, -0.2) is 9.86 Å². The van der Waals surface area contributed by atoms with E-state index in [1.54, 1.807) is 11.8 Å². The lowest BCUT2D eigenvalue weighted by molar-refractivity contribution is -0.0467. The summed E-state index contributed by atoms with van der Waals surface area (Å²) in [4.78, 5) is 14.0. The fourth-order valence-corrected chi connectivity index (χ4v) is 3.84. The van der Waals surface area contributed by atoms with Gasteiger partial charge in [-0.15, -0.1) is 11.3 Å². The molecule has 2 rings (SSSR count). The predicted octanol–water partition coefficient (Wildman–Crippen LogP) is 4.47. The molecule has 0 bridgehead atoms. The normalized spacial score (nSPS) is 11.5. The average molecular weight is 336 g/mol. The van der Waals surface area contributed by atoms with Gasteiger partial charge in [-0.2, -0.15) is 0 Å². The number of urea groups is 1. The lowest BCUT2D eigenvalue weighted by Crippen LogP contribution is -2.31. The SMILES string of the molecule is CC(C)(C)c1ccc(Sc2ccsc2CN(O)C(N)=O)cc1. The zero-order chi connectivity index (χ0) is 16.3. The van der Waals surface area contributed by atoms with Gasteiger partial charge in [0, 0.05) is 14.7 Å². The molecule has 1 aromatic heterocycles. The monoisotopic (exact) mass is 336 g/mol. The first-order valence-corrected chi connectivity index (χ1v) is 8.57. The van der Waals surface area contributed by atoms with Gasteiger partial charge >= 0.3 is 6.03 Å². The van der Waals surface area contributed by atoms with E-state index in [-0.39, 0.29) is 12.0 Å². The van der Waals surface area contributed by atoms with E-state index in [1.807, 2.05) is 11.4 Å². The third-order valence-electron chi connectivity index (χ3n) is 3.20. The van der Waals surface area contributed by atoms with E-state index in [9.17, 15) is 10.0 Å². The second-order valence-electron chi connectivity index (χ2n) is 5.98. The summed E-state index contributed by atoms with van der Waals surface area (Å²) in [6, 6.07) is 9.59. The van der Waals surface area contributed by atoms with Crippen LogP contribution in [-0.4, -0.2) is 16.3 Å². The van der Waals surface area contributed by atoms with Crippen LogP contribution < -0.4 is 5.73 Å².